The fraction of sp³-hybridized carbons (Fsp3) is 0.444. The van der Waals surface area contributed by atoms with E-state index in [0.29, 0.717) is 17.3 Å². The molecule has 1 aliphatic rings. The standard InChI is InChI=1S/C18H23ClN2O2/c1-14(22)21(11-10-15-6-3-2-4-7-15)13-18(23)20-17-9-5-8-16(19)12-17/h5-6,8-9,12H,2-4,7,10-11,13H2,1H3,(H,20,23). The van der Waals surface area contributed by atoms with Gasteiger partial charge < -0.3 is 10.2 Å². The Labute approximate surface area is 142 Å². The third kappa shape index (κ3) is 6.06. The van der Waals surface area contributed by atoms with Crippen LogP contribution in [0.15, 0.2) is 35.9 Å². The van der Waals surface area contributed by atoms with Crippen molar-refractivity contribution in [1.82, 2.24) is 4.90 Å². The number of carbonyl (C=O) groups is 2. The van der Waals surface area contributed by atoms with E-state index in [4.69, 9.17) is 11.6 Å². The van der Waals surface area contributed by atoms with Crippen LogP contribution in [0, 0.1) is 0 Å². The minimum absolute atomic E-state index is 0.0646. The Hall–Kier alpha value is -1.81. The highest BCUT2D eigenvalue weighted by atomic mass is 35.5. The van der Waals surface area contributed by atoms with Gasteiger partial charge in [-0.15, -0.1) is 0 Å². The summed E-state index contributed by atoms with van der Waals surface area (Å²) in [6, 6.07) is 6.98. The molecule has 4 nitrogen and oxygen atoms in total. The molecule has 0 aromatic heterocycles. The van der Waals surface area contributed by atoms with Gasteiger partial charge in [0, 0.05) is 24.2 Å². The van der Waals surface area contributed by atoms with Gasteiger partial charge in [-0.05, 0) is 50.3 Å². The average molecular weight is 335 g/mol. The number of benzene rings is 1. The van der Waals surface area contributed by atoms with Crippen LogP contribution in [0.25, 0.3) is 0 Å². The van der Waals surface area contributed by atoms with E-state index >= 15 is 0 Å². The van der Waals surface area contributed by atoms with Crippen molar-refractivity contribution in [2.24, 2.45) is 0 Å². The van der Waals surface area contributed by atoms with Crippen LogP contribution in [-0.4, -0.2) is 29.8 Å². The van der Waals surface area contributed by atoms with Crippen molar-refractivity contribution in [1.29, 1.82) is 0 Å². The predicted molar refractivity (Wildman–Crippen MR) is 93.5 cm³/mol. The Morgan fingerprint density at radius 2 is 2.13 bits per heavy atom. The normalized spacial score (nSPS) is 14.1. The number of carbonyl (C=O) groups excluding carboxylic acids is 2. The van der Waals surface area contributed by atoms with Crippen molar-refractivity contribution in [3.8, 4) is 0 Å². The smallest absolute Gasteiger partial charge is 0.243 e. The molecule has 0 spiro atoms. The number of halogens is 1. The molecule has 0 atom stereocenters. The molecule has 1 N–H and O–H groups in total. The predicted octanol–water partition coefficient (Wildman–Crippen LogP) is 4.02. The van der Waals surface area contributed by atoms with Crippen molar-refractivity contribution in [3.63, 3.8) is 0 Å². The number of nitrogens with one attached hydrogen (secondary N) is 1. The molecule has 0 saturated heterocycles. The quantitative estimate of drug-likeness (QED) is 0.799. The fourth-order valence-corrected chi connectivity index (χ4v) is 2.89. The summed E-state index contributed by atoms with van der Waals surface area (Å²) >= 11 is 5.90. The summed E-state index contributed by atoms with van der Waals surface area (Å²) in [6.07, 6.45) is 7.84. The van der Waals surface area contributed by atoms with Gasteiger partial charge in [0.05, 0.1) is 6.54 Å². The van der Waals surface area contributed by atoms with Gasteiger partial charge in [0.2, 0.25) is 11.8 Å². The van der Waals surface area contributed by atoms with Crippen LogP contribution in [0.1, 0.15) is 39.0 Å². The maximum absolute atomic E-state index is 12.1. The molecule has 1 aromatic rings. The molecule has 1 aliphatic carbocycles. The van der Waals surface area contributed by atoms with Gasteiger partial charge in [0.15, 0.2) is 0 Å². The summed E-state index contributed by atoms with van der Waals surface area (Å²) < 4.78 is 0. The molecule has 23 heavy (non-hydrogen) atoms. The highest BCUT2D eigenvalue weighted by Gasteiger charge is 2.15. The van der Waals surface area contributed by atoms with Gasteiger partial charge in [-0.2, -0.15) is 0 Å². The number of rotatable bonds is 6. The molecule has 0 bridgehead atoms. The maximum atomic E-state index is 12.1. The van der Waals surface area contributed by atoms with Crippen LogP contribution in [0.2, 0.25) is 5.02 Å². The third-order valence-electron chi connectivity index (χ3n) is 3.98. The van der Waals surface area contributed by atoms with Crippen molar-refractivity contribution >= 4 is 29.1 Å². The van der Waals surface area contributed by atoms with E-state index < -0.39 is 0 Å². The average Bonchev–Trinajstić information content (AvgIpc) is 2.52. The number of hydrogen-bond donors (Lipinski definition) is 1. The number of nitrogens with zero attached hydrogens (tertiary/aromatic N) is 1. The molecule has 0 radical (unpaired) electrons. The Kier molecular flexibility index (Phi) is 6.66. The van der Waals surface area contributed by atoms with Gasteiger partial charge in [-0.1, -0.05) is 29.3 Å². The lowest BCUT2D eigenvalue weighted by molar-refractivity contribution is -0.132. The van der Waals surface area contributed by atoms with E-state index in [-0.39, 0.29) is 18.4 Å². The first-order valence-electron chi connectivity index (χ1n) is 8.03. The molecule has 5 heteroatoms. The first kappa shape index (κ1) is 17.5. The van der Waals surface area contributed by atoms with Crippen LogP contribution in [0.4, 0.5) is 5.69 Å². The van der Waals surface area contributed by atoms with Crippen LogP contribution in [0.5, 0.6) is 0 Å². The second kappa shape index (κ2) is 8.73. The van der Waals surface area contributed by atoms with Crippen LogP contribution in [-0.2, 0) is 9.59 Å². The molecular weight excluding hydrogens is 312 g/mol. The second-order valence-corrected chi connectivity index (χ2v) is 6.29. The van der Waals surface area contributed by atoms with Crippen molar-refractivity contribution in [2.45, 2.75) is 39.0 Å². The number of hydrogen-bond acceptors (Lipinski definition) is 2. The first-order chi connectivity index (χ1) is 11.0. The van der Waals surface area contributed by atoms with E-state index in [0.717, 1.165) is 19.3 Å². The van der Waals surface area contributed by atoms with Gasteiger partial charge in [0.25, 0.3) is 0 Å². The summed E-state index contributed by atoms with van der Waals surface area (Å²) in [5.41, 5.74) is 2.04. The maximum Gasteiger partial charge on any atom is 0.243 e. The highest BCUT2D eigenvalue weighted by Crippen LogP contribution is 2.20. The zero-order valence-corrected chi connectivity index (χ0v) is 14.2. The first-order valence-corrected chi connectivity index (χ1v) is 8.41. The summed E-state index contributed by atoms with van der Waals surface area (Å²) in [5.74, 6) is -0.289. The lowest BCUT2D eigenvalue weighted by atomic mass is 9.97. The molecule has 1 aromatic carbocycles. The number of amides is 2. The van der Waals surface area contributed by atoms with E-state index in [2.05, 4.69) is 11.4 Å². The lowest BCUT2D eigenvalue weighted by Crippen LogP contribution is -2.37. The highest BCUT2D eigenvalue weighted by molar-refractivity contribution is 6.30. The molecule has 0 unspecified atom stereocenters. The summed E-state index contributed by atoms with van der Waals surface area (Å²) in [7, 11) is 0. The molecular formula is C18H23ClN2O2. The topological polar surface area (TPSA) is 49.4 Å². The van der Waals surface area contributed by atoms with Crippen LogP contribution >= 0.6 is 11.6 Å². The van der Waals surface area contributed by atoms with E-state index in [9.17, 15) is 9.59 Å². The lowest BCUT2D eigenvalue weighted by Gasteiger charge is -2.22. The Morgan fingerprint density at radius 3 is 2.78 bits per heavy atom. The second-order valence-electron chi connectivity index (χ2n) is 5.86. The molecule has 2 rings (SSSR count). The monoisotopic (exact) mass is 334 g/mol. The largest absolute Gasteiger partial charge is 0.333 e. The molecule has 0 aliphatic heterocycles. The zero-order chi connectivity index (χ0) is 16.7. The fourth-order valence-electron chi connectivity index (χ4n) is 2.70. The van der Waals surface area contributed by atoms with Gasteiger partial charge in [-0.25, -0.2) is 0 Å². The van der Waals surface area contributed by atoms with Gasteiger partial charge in [-0.3, -0.25) is 9.59 Å². The SMILES string of the molecule is CC(=O)N(CCC1=CCCCC1)CC(=O)Nc1cccc(Cl)c1. The van der Waals surface area contributed by atoms with E-state index in [1.165, 1.54) is 25.3 Å². The zero-order valence-electron chi connectivity index (χ0n) is 13.5. The van der Waals surface area contributed by atoms with Crippen molar-refractivity contribution < 1.29 is 9.59 Å². The molecule has 0 fully saturated rings. The number of anilines is 1. The van der Waals surface area contributed by atoms with Gasteiger partial charge in [0.1, 0.15) is 0 Å². The summed E-state index contributed by atoms with van der Waals surface area (Å²) in [6.45, 7) is 2.15. The number of allylic oxidation sites excluding steroid dienone is 1. The molecule has 0 saturated carbocycles. The summed E-state index contributed by atoms with van der Waals surface area (Å²) in [4.78, 5) is 25.5. The van der Waals surface area contributed by atoms with Crippen LogP contribution in [0.3, 0.4) is 0 Å². The Bertz CT molecular complexity index is 598. The Balaban J connectivity index is 1.86. The van der Waals surface area contributed by atoms with Gasteiger partial charge >= 0.3 is 0 Å². The molecule has 2 amide bonds. The Morgan fingerprint density at radius 1 is 1.30 bits per heavy atom. The van der Waals surface area contributed by atoms with Crippen molar-refractivity contribution in [3.05, 3.63) is 40.9 Å². The molecule has 124 valence electrons. The third-order valence-corrected chi connectivity index (χ3v) is 4.21. The minimum atomic E-state index is -0.208. The van der Waals surface area contributed by atoms with Crippen LogP contribution < -0.4 is 5.32 Å². The minimum Gasteiger partial charge on any atom is -0.333 e. The van der Waals surface area contributed by atoms with E-state index in [1.54, 1.807) is 29.2 Å². The van der Waals surface area contributed by atoms with Crippen molar-refractivity contribution in [2.75, 3.05) is 18.4 Å². The van der Waals surface area contributed by atoms with E-state index in [1.807, 2.05) is 0 Å². The molecule has 0 heterocycles. The summed E-state index contributed by atoms with van der Waals surface area (Å²) in [5, 5.41) is 3.34.